The second-order valence-corrected chi connectivity index (χ2v) is 3.13. The third-order valence-corrected chi connectivity index (χ3v) is 2.15. The average Bonchev–Trinajstić information content (AvgIpc) is 2.70. The molecule has 0 spiro atoms. The van der Waals surface area contributed by atoms with E-state index in [1.165, 1.54) is 12.8 Å². The Morgan fingerprint density at radius 3 is 3.00 bits per heavy atom. The van der Waals surface area contributed by atoms with Gasteiger partial charge in [0, 0.05) is 5.92 Å². The van der Waals surface area contributed by atoms with Crippen molar-refractivity contribution in [2.24, 2.45) is 0 Å². The smallest absolute Gasteiger partial charge is 0.205 e. The summed E-state index contributed by atoms with van der Waals surface area (Å²) >= 11 is 3.28. The summed E-state index contributed by atoms with van der Waals surface area (Å²) in [6.45, 7) is 0. The van der Waals surface area contributed by atoms with Crippen molar-refractivity contribution < 1.29 is 4.42 Å². The Kier molecular flexibility index (Phi) is 1.52. The SMILES string of the molecule is BrCc1ncc(C2CC2)o1. The van der Waals surface area contributed by atoms with Crippen molar-refractivity contribution in [3.63, 3.8) is 0 Å². The molecule has 3 heteroatoms. The van der Waals surface area contributed by atoms with Crippen molar-refractivity contribution in [3.8, 4) is 0 Å². The van der Waals surface area contributed by atoms with Crippen molar-refractivity contribution in [1.29, 1.82) is 0 Å². The van der Waals surface area contributed by atoms with Crippen LogP contribution in [-0.2, 0) is 5.33 Å². The topological polar surface area (TPSA) is 26.0 Å². The lowest BCUT2D eigenvalue weighted by molar-refractivity contribution is 0.474. The van der Waals surface area contributed by atoms with Crippen LogP contribution in [-0.4, -0.2) is 4.98 Å². The molecule has 0 aromatic carbocycles. The molecule has 0 N–H and O–H groups in total. The molecule has 0 radical (unpaired) electrons. The molecule has 1 aliphatic carbocycles. The number of oxazole rings is 1. The van der Waals surface area contributed by atoms with Gasteiger partial charge in [-0.2, -0.15) is 0 Å². The van der Waals surface area contributed by atoms with Crippen LogP contribution in [0.3, 0.4) is 0 Å². The first-order valence-corrected chi connectivity index (χ1v) is 4.53. The molecular formula is C7H8BrNO. The van der Waals surface area contributed by atoms with Gasteiger partial charge in [0.05, 0.1) is 11.5 Å². The minimum atomic E-state index is 0.681. The fourth-order valence-corrected chi connectivity index (χ4v) is 1.20. The molecule has 0 amide bonds. The summed E-state index contributed by atoms with van der Waals surface area (Å²) in [4.78, 5) is 4.08. The largest absolute Gasteiger partial charge is 0.445 e. The third kappa shape index (κ3) is 1.10. The summed E-state index contributed by atoms with van der Waals surface area (Å²) in [5, 5.41) is 0.722. The van der Waals surface area contributed by atoms with E-state index >= 15 is 0 Å². The predicted octanol–water partition coefficient (Wildman–Crippen LogP) is 2.45. The molecule has 2 nitrogen and oxygen atoms in total. The lowest BCUT2D eigenvalue weighted by Gasteiger charge is -1.85. The maximum absolute atomic E-state index is 5.40. The van der Waals surface area contributed by atoms with E-state index in [1.807, 2.05) is 6.20 Å². The Morgan fingerprint density at radius 1 is 1.70 bits per heavy atom. The Hall–Kier alpha value is -0.310. The fourth-order valence-electron chi connectivity index (χ4n) is 0.943. The van der Waals surface area contributed by atoms with E-state index in [1.54, 1.807) is 0 Å². The van der Waals surface area contributed by atoms with E-state index in [9.17, 15) is 0 Å². The second kappa shape index (κ2) is 2.38. The number of rotatable bonds is 2. The lowest BCUT2D eigenvalue weighted by atomic mass is 10.3. The molecule has 1 fully saturated rings. The molecular weight excluding hydrogens is 194 g/mol. The van der Waals surface area contributed by atoms with Gasteiger partial charge in [-0.15, -0.1) is 0 Å². The summed E-state index contributed by atoms with van der Waals surface area (Å²) in [5.41, 5.74) is 0. The van der Waals surface area contributed by atoms with Crippen molar-refractivity contribution in [1.82, 2.24) is 4.98 Å². The van der Waals surface area contributed by atoms with E-state index in [0.29, 0.717) is 5.92 Å². The van der Waals surface area contributed by atoms with Gasteiger partial charge in [-0.1, -0.05) is 15.9 Å². The number of halogens is 1. The van der Waals surface area contributed by atoms with Crippen LogP contribution >= 0.6 is 15.9 Å². The van der Waals surface area contributed by atoms with Gasteiger partial charge in [-0.05, 0) is 12.8 Å². The highest BCUT2D eigenvalue weighted by Crippen LogP contribution is 2.40. The molecule has 1 aromatic heterocycles. The standard InChI is InChI=1S/C7H8BrNO/c8-3-7-9-4-6(10-7)5-1-2-5/h4-5H,1-3H2. The van der Waals surface area contributed by atoms with E-state index in [0.717, 1.165) is 17.0 Å². The van der Waals surface area contributed by atoms with Crippen molar-refractivity contribution >= 4 is 15.9 Å². The summed E-state index contributed by atoms with van der Waals surface area (Å²) in [6, 6.07) is 0. The maximum atomic E-state index is 5.40. The Balaban J connectivity index is 2.19. The van der Waals surface area contributed by atoms with Gasteiger partial charge in [-0.3, -0.25) is 0 Å². The van der Waals surface area contributed by atoms with Crippen LogP contribution < -0.4 is 0 Å². The van der Waals surface area contributed by atoms with Crippen LogP contribution in [0.25, 0.3) is 0 Å². The van der Waals surface area contributed by atoms with Gasteiger partial charge < -0.3 is 4.42 Å². The molecule has 2 rings (SSSR count). The average molecular weight is 202 g/mol. The van der Waals surface area contributed by atoms with Crippen molar-refractivity contribution in [2.75, 3.05) is 0 Å². The minimum absolute atomic E-state index is 0.681. The molecule has 0 unspecified atom stereocenters. The first-order chi connectivity index (χ1) is 4.90. The number of alkyl halides is 1. The summed E-state index contributed by atoms with van der Waals surface area (Å²) < 4.78 is 5.40. The quantitative estimate of drug-likeness (QED) is 0.688. The highest BCUT2D eigenvalue weighted by molar-refractivity contribution is 9.08. The highest BCUT2D eigenvalue weighted by atomic mass is 79.9. The number of hydrogen-bond acceptors (Lipinski definition) is 2. The van der Waals surface area contributed by atoms with E-state index in [2.05, 4.69) is 20.9 Å². The summed E-state index contributed by atoms with van der Waals surface area (Å²) in [6.07, 6.45) is 4.39. The van der Waals surface area contributed by atoms with Crippen LogP contribution in [0.1, 0.15) is 30.4 Å². The van der Waals surface area contributed by atoms with Gasteiger partial charge in [0.25, 0.3) is 0 Å². The Bertz CT molecular complexity index is 229. The monoisotopic (exact) mass is 201 g/mol. The number of nitrogens with zero attached hydrogens (tertiary/aromatic N) is 1. The van der Waals surface area contributed by atoms with Crippen LogP contribution in [0.15, 0.2) is 10.6 Å². The fraction of sp³-hybridized carbons (Fsp3) is 0.571. The molecule has 1 aliphatic rings. The van der Waals surface area contributed by atoms with Crippen molar-refractivity contribution in [3.05, 3.63) is 17.8 Å². The minimum Gasteiger partial charge on any atom is -0.445 e. The molecule has 0 bridgehead atoms. The molecule has 54 valence electrons. The molecule has 1 aromatic rings. The molecule has 0 saturated heterocycles. The zero-order valence-corrected chi connectivity index (χ0v) is 7.10. The number of aromatic nitrogens is 1. The summed E-state index contributed by atoms with van der Waals surface area (Å²) in [5.74, 6) is 2.54. The van der Waals surface area contributed by atoms with Crippen LogP contribution in [0.5, 0.6) is 0 Å². The molecule has 1 saturated carbocycles. The highest BCUT2D eigenvalue weighted by Gasteiger charge is 2.27. The van der Waals surface area contributed by atoms with Gasteiger partial charge in [-0.25, -0.2) is 4.98 Å². The number of hydrogen-bond donors (Lipinski definition) is 0. The first-order valence-electron chi connectivity index (χ1n) is 3.40. The van der Waals surface area contributed by atoms with Crippen LogP contribution in [0.4, 0.5) is 0 Å². The van der Waals surface area contributed by atoms with Gasteiger partial charge >= 0.3 is 0 Å². The van der Waals surface area contributed by atoms with Crippen LogP contribution in [0.2, 0.25) is 0 Å². The summed E-state index contributed by atoms with van der Waals surface area (Å²) in [7, 11) is 0. The van der Waals surface area contributed by atoms with E-state index in [4.69, 9.17) is 4.42 Å². The molecule has 0 aliphatic heterocycles. The third-order valence-electron chi connectivity index (χ3n) is 1.67. The maximum Gasteiger partial charge on any atom is 0.205 e. The van der Waals surface area contributed by atoms with E-state index < -0.39 is 0 Å². The lowest BCUT2D eigenvalue weighted by Crippen LogP contribution is -1.71. The zero-order chi connectivity index (χ0) is 6.97. The second-order valence-electron chi connectivity index (χ2n) is 2.56. The van der Waals surface area contributed by atoms with Crippen LogP contribution in [0, 0.1) is 0 Å². The zero-order valence-electron chi connectivity index (χ0n) is 5.51. The van der Waals surface area contributed by atoms with E-state index in [-0.39, 0.29) is 0 Å². The normalized spacial score (nSPS) is 17.7. The molecule has 10 heavy (non-hydrogen) atoms. The van der Waals surface area contributed by atoms with Gasteiger partial charge in [0.2, 0.25) is 5.89 Å². The Morgan fingerprint density at radius 2 is 2.50 bits per heavy atom. The van der Waals surface area contributed by atoms with Gasteiger partial charge in [0.15, 0.2) is 0 Å². The first kappa shape index (κ1) is 6.40. The Labute approximate surface area is 67.8 Å². The van der Waals surface area contributed by atoms with Crippen molar-refractivity contribution in [2.45, 2.75) is 24.1 Å². The molecule has 1 heterocycles. The predicted molar refractivity (Wildman–Crippen MR) is 41.1 cm³/mol. The molecule has 0 atom stereocenters. The van der Waals surface area contributed by atoms with Gasteiger partial charge in [0.1, 0.15) is 5.76 Å².